The van der Waals surface area contributed by atoms with E-state index in [0.29, 0.717) is 23.8 Å². The summed E-state index contributed by atoms with van der Waals surface area (Å²) in [6.45, 7) is 1.13. The van der Waals surface area contributed by atoms with Crippen molar-refractivity contribution in [1.29, 1.82) is 0 Å². The Kier molecular flexibility index (Phi) is 3.36. The lowest BCUT2D eigenvalue weighted by Gasteiger charge is -2.07. The molecule has 0 saturated carbocycles. The predicted octanol–water partition coefficient (Wildman–Crippen LogP) is 2.29. The molecule has 2 rings (SSSR count). The summed E-state index contributed by atoms with van der Waals surface area (Å²) in [6.07, 6.45) is -0.142. The average molecular weight is 227 g/mol. The van der Waals surface area contributed by atoms with Crippen molar-refractivity contribution in [3.05, 3.63) is 34.9 Å². The molecule has 1 aliphatic rings. The molecule has 1 aromatic carbocycles. The molecule has 1 heterocycles. The predicted molar refractivity (Wildman–Crippen MR) is 56.1 cm³/mol. The maximum atomic E-state index is 11.7. The second kappa shape index (κ2) is 4.75. The number of carbonyl (C=O) groups excluding carboxylic acids is 1. The molecule has 0 aromatic heterocycles. The molecule has 0 bridgehead atoms. The van der Waals surface area contributed by atoms with E-state index < -0.39 is 6.29 Å². The minimum Gasteiger partial charge on any atom is -0.350 e. The summed E-state index contributed by atoms with van der Waals surface area (Å²) in [5.74, 6) is -0.00981. The molecular weight excluding hydrogens is 216 g/mol. The molecule has 15 heavy (non-hydrogen) atoms. The van der Waals surface area contributed by atoms with E-state index >= 15 is 0 Å². The second-order valence-corrected chi connectivity index (χ2v) is 3.75. The minimum absolute atomic E-state index is 0.00981. The van der Waals surface area contributed by atoms with Crippen LogP contribution in [0.1, 0.15) is 16.8 Å². The van der Waals surface area contributed by atoms with E-state index in [1.807, 2.05) is 0 Å². The largest absolute Gasteiger partial charge is 0.350 e. The fourth-order valence-corrected chi connectivity index (χ4v) is 1.65. The molecule has 0 aliphatic carbocycles. The zero-order valence-electron chi connectivity index (χ0n) is 8.11. The molecule has 1 aliphatic heterocycles. The first-order chi connectivity index (χ1) is 7.25. The van der Waals surface area contributed by atoms with Gasteiger partial charge in [-0.05, 0) is 12.1 Å². The molecule has 1 saturated heterocycles. The van der Waals surface area contributed by atoms with E-state index in [9.17, 15) is 4.79 Å². The third-order valence-corrected chi connectivity index (χ3v) is 2.42. The highest BCUT2D eigenvalue weighted by Crippen LogP contribution is 2.15. The van der Waals surface area contributed by atoms with Gasteiger partial charge in [-0.3, -0.25) is 4.79 Å². The fourth-order valence-electron chi connectivity index (χ4n) is 1.46. The van der Waals surface area contributed by atoms with Crippen LogP contribution in [-0.2, 0) is 9.47 Å². The number of hydrogen-bond acceptors (Lipinski definition) is 3. The smallest absolute Gasteiger partial charge is 0.167 e. The summed E-state index contributed by atoms with van der Waals surface area (Å²) in [4.78, 5) is 11.7. The monoisotopic (exact) mass is 226 g/mol. The molecule has 0 amide bonds. The topological polar surface area (TPSA) is 35.5 Å². The van der Waals surface area contributed by atoms with Crippen molar-refractivity contribution in [1.82, 2.24) is 0 Å². The maximum absolute atomic E-state index is 11.7. The first-order valence-electron chi connectivity index (χ1n) is 4.78. The van der Waals surface area contributed by atoms with Crippen LogP contribution < -0.4 is 0 Å². The third kappa shape index (κ3) is 2.78. The van der Waals surface area contributed by atoms with Gasteiger partial charge in [0.15, 0.2) is 12.1 Å². The van der Waals surface area contributed by atoms with Crippen molar-refractivity contribution in [2.24, 2.45) is 0 Å². The van der Waals surface area contributed by atoms with Crippen LogP contribution in [-0.4, -0.2) is 25.3 Å². The number of hydrogen-bond donors (Lipinski definition) is 0. The summed E-state index contributed by atoms with van der Waals surface area (Å²) >= 11 is 5.79. The van der Waals surface area contributed by atoms with Crippen LogP contribution in [0, 0.1) is 0 Å². The van der Waals surface area contributed by atoms with Gasteiger partial charge < -0.3 is 9.47 Å². The van der Waals surface area contributed by atoms with Gasteiger partial charge in [-0.25, -0.2) is 0 Å². The molecule has 0 unspecified atom stereocenters. The number of ketones is 1. The van der Waals surface area contributed by atoms with E-state index in [1.54, 1.807) is 24.3 Å². The van der Waals surface area contributed by atoms with Crippen LogP contribution >= 0.6 is 11.6 Å². The molecule has 0 radical (unpaired) electrons. The highest BCUT2D eigenvalue weighted by atomic mass is 35.5. The maximum Gasteiger partial charge on any atom is 0.167 e. The standard InChI is InChI=1S/C11H11ClO3/c12-9-3-1-2-8(6-9)10(13)7-11-14-4-5-15-11/h1-3,6,11H,4-5,7H2. The van der Waals surface area contributed by atoms with Crippen molar-refractivity contribution >= 4 is 17.4 Å². The summed E-state index contributed by atoms with van der Waals surface area (Å²) in [5.41, 5.74) is 0.599. The van der Waals surface area contributed by atoms with Crippen LogP contribution in [0.5, 0.6) is 0 Å². The van der Waals surface area contributed by atoms with Gasteiger partial charge in [-0.1, -0.05) is 23.7 Å². The van der Waals surface area contributed by atoms with Crippen molar-refractivity contribution in [2.45, 2.75) is 12.7 Å². The fraction of sp³-hybridized carbons (Fsp3) is 0.364. The van der Waals surface area contributed by atoms with Gasteiger partial charge in [0, 0.05) is 10.6 Å². The van der Waals surface area contributed by atoms with Gasteiger partial charge in [0.1, 0.15) is 0 Å². The average Bonchev–Trinajstić information content (AvgIpc) is 2.70. The number of carbonyl (C=O) groups is 1. The molecule has 0 atom stereocenters. The van der Waals surface area contributed by atoms with Crippen LogP contribution in [0.4, 0.5) is 0 Å². The van der Waals surface area contributed by atoms with Crippen LogP contribution in [0.25, 0.3) is 0 Å². The molecular formula is C11H11ClO3. The quantitative estimate of drug-likeness (QED) is 0.742. The zero-order chi connectivity index (χ0) is 10.7. The van der Waals surface area contributed by atoms with Crippen molar-refractivity contribution in [3.63, 3.8) is 0 Å². The lowest BCUT2D eigenvalue weighted by Crippen LogP contribution is -2.14. The van der Waals surface area contributed by atoms with Crippen LogP contribution in [0.15, 0.2) is 24.3 Å². The lowest BCUT2D eigenvalue weighted by molar-refractivity contribution is -0.0407. The normalized spacial score (nSPS) is 16.9. The van der Waals surface area contributed by atoms with E-state index in [0.717, 1.165) is 0 Å². The third-order valence-electron chi connectivity index (χ3n) is 2.19. The van der Waals surface area contributed by atoms with Gasteiger partial charge in [0.2, 0.25) is 0 Å². The molecule has 1 fully saturated rings. The van der Waals surface area contributed by atoms with Gasteiger partial charge in [0.25, 0.3) is 0 Å². The summed E-state index contributed by atoms with van der Waals surface area (Å²) < 4.78 is 10.4. The Labute approximate surface area is 92.9 Å². The number of benzene rings is 1. The highest BCUT2D eigenvalue weighted by molar-refractivity contribution is 6.31. The van der Waals surface area contributed by atoms with Gasteiger partial charge in [0.05, 0.1) is 19.6 Å². The highest BCUT2D eigenvalue weighted by Gasteiger charge is 2.20. The second-order valence-electron chi connectivity index (χ2n) is 3.31. The number of rotatable bonds is 3. The summed E-state index contributed by atoms with van der Waals surface area (Å²) in [5, 5.41) is 0.564. The summed E-state index contributed by atoms with van der Waals surface area (Å²) in [6, 6.07) is 6.88. The lowest BCUT2D eigenvalue weighted by atomic mass is 10.1. The van der Waals surface area contributed by atoms with Gasteiger partial charge >= 0.3 is 0 Å². The number of halogens is 1. The van der Waals surface area contributed by atoms with Crippen molar-refractivity contribution in [2.75, 3.05) is 13.2 Å². The minimum atomic E-state index is -0.392. The Morgan fingerprint density at radius 2 is 2.13 bits per heavy atom. The molecule has 1 aromatic rings. The number of ether oxygens (including phenoxy) is 2. The van der Waals surface area contributed by atoms with E-state index in [2.05, 4.69) is 0 Å². The SMILES string of the molecule is O=C(CC1OCCO1)c1cccc(Cl)c1. The van der Waals surface area contributed by atoms with Gasteiger partial charge in [-0.15, -0.1) is 0 Å². The Morgan fingerprint density at radius 1 is 1.40 bits per heavy atom. The van der Waals surface area contributed by atoms with Crippen molar-refractivity contribution in [3.8, 4) is 0 Å². The van der Waals surface area contributed by atoms with E-state index in [4.69, 9.17) is 21.1 Å². The molecule has 3 nitrogen and oxygen atoms in total. The molecule has 0 N–H and O–H groups in total. The molecule has 4 heteroatoms. The molecule has 0 spiro atoms. The van der Waals surface area contributed by atoms with E-state index in [-0.39, 0.29) is 12.2 Å². The van der Waals surface area contributed by atoms with Crippen LogP contribution in [0.2, 0.25) is 5.02 Å². The Morgan fingerprint density at radius 3 is 2.80 bits per heavy atom. The van der Waals surface area contributed by atoms with Crippen LogP contribution in [0.3, 0.4) is 0 Å². The number of Topliss-reactive ketones (excluding diaryl/α,β-unsaturated/α-hetero) is 1. The Hall–Kier alpha value is -0.900. The summed E-state index contributed by atoms with van der Waals surface area (Å²) in [7, 11) is 0. The zero-order valence-corrected chi connectivity index (χ0v) is 8.87. The first kappa shape index (κ1) is 10.6. The molecule has 80 valence electrons. The van der Waals surface area contributed by atoms with Gasteiger partial charge in [-0.2, -0.15) is 0 Å². The van der Waals surface area contributed by atoms with Crippen molar-refractivity contribution < 1.29 is 14.3 Å². The Balaban J connectivity index is 2.01. The Bertz CT molecular complexity index is 359. The van der Waals surface area contributed by atoms with E-state index in [1.165, 1.54) is 0 Å². The first-order valence-corrected chi connectivity index (χ1v) is 5.15.